The molecule has 0 aliphatic rings. The van der Waals surface area contributed by atoms with Crippen molar-refractivity contribution in [3.05, 3.63) is 30.1 Å². The molecule has 0 aliphatic heterocycles. The third-order valence-electron chi connectivity index (χ3n) is 2.27. The summed E-state index contributed by atoms with van der Waals surface area (Å²) in [6.07, 6.45) is 0.837. The van der Waals surface area contributed by atoms with Gasteiger partial charge in [-0.3, -0.25) is 0 Å². The number of hydrogen-bond acceptors (Lipinski definition) is 3. The van der Waals surface area contributed by atoms with Gasteiger partial charge in [0.2, 0.25) is 0 Å². The van der Waals surface area contributed by atoms with Crippen LogP contribution in [0.4, 0.5) is 4.39 Å². The normalized spacial score (nSPS) is 12.7. The number of thioether (sulfide) groups is 1. The van der Waals surface area contributed by atoms with Crippen LogP contribution in [0.1, 0.15) is 13.3 Å². The summed E-state index contributed by atoms with van der Waals surface area (Å²) >= 11 is 1.49. The highest BCUT2D eigenvalue weighted by molar-refractivity contribution is 7.99. The van der Waals surface area contributed by atoms with Crippen molar-refractivity contribution in [1.29, 1.82) is 0 Å². The van der Waals surface area contributed by atoms with Crippen LogP contribution in [0.25, 0.3) is 0 Å². The summed E-state index contributed by atoms with van der Waals surface area (Å²) in [6.45, 7) is 2.98. The van der Waals surface area contributed by atoms with Gasteiger partial charge in [0.05, 0.1) is 6.61 Å². The number of rotatable bonds is 7. The van der Waals surface area contributed by atoms with Gasteiger partial charge in [-0.25, -0.2) is 4.39 Å². The molecule has 0 aliphatic carbocycles. The van der Waals surface area contributed by atoms with Crippen LogP contribution in [0.2, 0.25) is 0 Å². The first-order valence-electron chi connectivity index (χ1n) is 5.49. The minimum absolute atomic E-state index is 0.115. The first-order valence-corrected chi connectivity index (χ1v) is 6.48. The molecule has 0 aromatic heterocycles. The molecule has 16 heavy (non-hydrogen) atoms. The number of aliphatic hydroxyl groups excluding tert-OH is 1. The van der Waals surface area contributed by atoms with Crippen molar-refractivity contribution in [2.45, 2.75) is 24.3 Å². The highest BCUT2D eigenvalue weighted by Gasteiger charge is 2.06. The molecule has 0 saturated heterocycles. The third kappa shape index (κ3) is 4.51. The molecular formula is C12H18FNOS. The number of benzene rings is 1. The number of aliphatic hydroxyl groups is 1. The zero-order chi connectivity index (χ0) is 11.8. The van der Waals surface area contributed by atoms with Gasteiger partial charge in [-0.15, -0.1) is 11.8 Å². The number of nitrogens with one attached hydrogen (secondary N) is 1. The Morgan fingerprint density at radius 1 is 1.44 bits per heavy atom. The minimum atomic E-state index is -0.170. The fraction of sp³-hybridized carbons (Fsp3) is 0.500. The summed E-state index contributed by atoms with van der Waals surface area (Å²) in [7, 11) is 0. The van der Waals surface area contributed by atoms with Gasteiger partial charge < -0.3 is 10.4 Å². The fourth-order valence-electron chi connectivity index (χ4n) is 1.42. The van der Waals surface area contributed by atoms with E-state index in [9.17, 15) is 4.39 Å². The molecule has 0 amide bonds. The Morgan fingerprint density at radius 3 is 2.81 bits per heavy atom. The summed E-state index contributed by atoms with van der Waals surface area (Å²) in [5.74, 6) is 0.635. The lowest BCUT2D eigenvalue weighted by molar-refractivity contribution is 0.242. The van der Waals surface area contributed by atoms with Gasteiger partial charge in [-0.1, -0.05) is 19.1 Å². The smallest absolute Gasteiger partial charge is 0.136 e. The highest BCUT2D eigenvalue weighted by atomic mass is 32.2. The van der Waals surface area contributed by atoms with Gasteiger partial charge in [0, 0.05) is 10.9 Å². The van der Waals surface area contributed by atoms with Crippen molar-refractivity contribution in [3.63, 3.8) is 0 Å². The second-order valence-electron chi connectivity index (χ2n) is 3.50. The summed E-state index contributed by atoms with van der Waals surface area (Å²) in [4.78, 5) is 0.677. The van der Waals surface area contributed by atoms with Crippen LogP contribution in [0.15, 0.2) is 29.2 Å². The van der Waals surface area contributed by atoms with E-state index < -0.39 is 0 Å². The van der Waals surface area contributed by atoms with Crippen molar-refractivity contribution < 1.29 is 9.50 Å². The molecule has 90 valence electrons. The van der Waals surface area contributed by atoms with Gasteiger partial charge in [0.15, 0.2) is 0 Å². The maximum atomic E-state index is 13.3. The molecular weight excluding hydrogens is 225 g/mol. The van der Waals surface area contributed by atoms with Crippen molar-refractivity contribution in [3.8, 4) is 0 Å². The lowest BCUT2D eigenvalue weighted by Gasteiger charge is -2.14. The number of hydrogen-bond donors (Lipinski definition) is 2. The van der Waals surface area contributed by atoms with E-state index in [-0.39, 0.29) is 18.5 Å². The van der Waals surface area contributed by atoms with E-state index >= 15 is 0 Å². The van der Waals surface area contributed by atoms with E-state index in [1.165, 1.54) is 17.8 Å². The zero-order valence-electron chi connectivity index (χ0n) is 9.45. The molecule has 1 rings (SSSR count). The second-order valence-corrected chi connectivity index (χ2v) is 4.64. The Hall–Kier alpha value is -0.580. The van der Waals surface area contributed by atoms with E-state index in [1.807, 2.05) is 13.0 Å². The molecule has 0 heterocycles. The van der Waals surface area contributed by atoms with Gasteiger partial charge in [-0.05, 0) is 30.9 Å². The predicted molar refractivity (Wildman–Crippen MR) is 66.3 cm³/mol. The molecule has 0 bridgehead atoms. The Bertz CT molecular complexity index is 309. The SMILES string of the molecule is CCNC(CO)CCSc1ccccc1F. The van der Waals surface area contributed by atoms with Crippen molar-refractivity contribution in [2.75, 3.05) is 18.9 Å². The fourth-order valence-corrected chi connectivity index (χ4v) is 2.42. The van der Waals surface area contributed by atoms with E-state index in [0.29, 0.717) is 4.90 Å². The predicted octanol–water partition coefficient (Wildman–Crippen LogP) is 2.28. The highest BCUT2D eigenvalue weighted by Crippen LogP contribution is 2.22. The molecule has 0 fully saturated rings. The van der Waals surface area contributed by atoms with Crippen LogP contribution in [0, 0.1) is 5.82 Å². The minimum Gasteiger partial charge on any atom is -0.395 e. The number of halogens is 1. The largest absolute Gasteiger partial charge is 0.395 e. The number of likely N-dealkylation sites (N-methyl/N-ethyl adjacent to an activating group) is 1. The maximum absolute atomic E-state index is 13.3. The van der Waals surface area contributed by atoms with Crippen LogP contribution in [-0.2, 0) is 0 Å². The van der Waals surface area contributed by atoms with Crippen LogP contribution in [0.3, 0.4) is 0 Å². The molecule has 0 spiro atoms. The van der Waals surface area contributed by atoms with Crippen LogP contribution in [-0.4, -0.2) is 30.1 Å². The van der Waals surface area contributed by atoms with E-state index in [2.05, 4.69) is 5.32 Å². The lowest BCUT2D eigenvalue weighted by atomic mass is 10.2. The molecule has 1 aromatic carbocycles. The average molecular weight is 243 g/mol. The maximum Gasteiger partial charge on any atom is 0.136 e. The molecule has 1 aromatic rings. The standard InChI is InChI=1S/C12H18FNOS/c1-2-14-10(9-15)7-8-16-12-6-4-3-5-11(12)13/h3-6,10,14-15H,2,7-9H2,1H3. The van der Waals surface area contributed by atoms with Crippen molar-refractivity contribution >= 4 is 11.8 Å². The molecule has 0 saturated carbocycles. The molecule has 1 unspecified atom stereocenters. The Balaban J connectivity index is 2.32. The first kappa shape index (κ1) is 13.5. The van der Waals surface area contributed by atoms with E-state index in [4.69, 9.17) is 5.11 Å². The van der Waals surface area contributed by atoms with Crippen LogP contribution >= 0.6 is 11.8 Å². The van der Waals surface area contributed by atoms with E-state index in [1.54, 1.807) is 12.1 Å². The summed E-state index contributed by atoms with van der Waals surface area (Å²) < 4.78 is 13.3. The van der Waals surface area contributed by atoms with Crippen LogP contribution in [0.5, 0.6) is 0 Å². The summed E-state index contributed by atoms with van der Waals surface area (Å²) in [6, 6.07) is 6.88. The first-order chi connectivity index (χ1) is 7.77. The quantitative estimate of drug-likeness (QED) is 0.721. The summed E-state index contributed by atoms with van der Waals surface area (Å²) in [5.41, 5.74) is 0. The molecule has 2 nitrogen and oxygen atoms in total. The molecule has 4 heteroatoms. The molecule has 0 radical (unpaired) electrons. The molecule has 1 atom stereocenters. The lowest BCUT2D eigenvalue weighted by Crippen LogP contribution is -2.32. The Kier molecular flexibility index (Phi) is 6.45. The van der Waals surface area contributed by atoms with Crippen molar-refractivity contribution in [2.24, 2.45) is 0 Å². The second kappa shape index (κ2) is 7.65. The Morgan fingerprint density at radius 2 is 2.19 bits per heavy atom. The molecule has 2 N–H and O–H groups in total. The monoisotopic (exact) mass is 243 g/mol. The van der Waals surface area contributed by atoms with E-state index in [0.717, 1.165) is 18.7 Å². The third-order valence-corrected chi connectivity index (χ3v) is 3.36. The van der Waals surface area contributed by atoms with Crippen molar-refractivity contribution in [1.82, 2.24) is 5.32 Å². The Labute approximate surface area is 100 Å². The topological polar surface area (TPSA) is 32.3 Å². The zero-order valence-corrected chi connectivity index (χ0v) is 10.3. The van der Waals surface area contributed by atoms with Gasteiger partial charge >= 0.3 is 0 Å². The van der Waals surface area contributed by atoms with Gasteiger partial charge in [0.1, 0.15) is 5.82 Å². The summed E-state index contributed by atoms with van der Waals surface area (Å²) in [5, 5.41) is 12.2. The average Bonchev–Trinajstić information content (AvgIpc) is 2.30. The van der Waals surface area contributed by atoms with Gasteiger partial charge in [-0.2, -0.15) is 0 Å². The van der Waals surface area contributed by atoms with Gasteiger partial charge in [0.25, 0.3) is 0 Å². The van der Waals surface area contributed by atoms with Crippen LogP contribution < -0.4 is 5.32 Å².